The highest BCUT2D eigenvalue weighted by Gasteiger charge is 2.25. The lowest BCUT2D eigenvalue weighted by molar-refractivity contribution is 0.00999. The molecule has 1 aliphatic heterocycles. The van der Waals surface area contributed by atoms with Gasteiger partial charge in [0.2, 0.25) is 5.95 Å². The van der Waals surface area contributed by atoms with Crippen molar-refractivity contribution >= 4 is 74.3 Å². The van der Waals surface area contributed by atoms with Crippen molar-refractivity contribution < 1.29 is 33.0 Å². The molecule has 4 heterocycles. The molecule has 0 unspecified atom stereocenters. The second-order valence-electron chi connectivity index (χ2n) is 15.9. The Kier molecular flexibility index (Phi) is 16.1. The number of nitrogens with zero attached hydrogens (tertiary/aromatic N) is 8. The number of piperazine rings is 1. The van der Waals surface area contributed by atoms with Gasteiger partial charge in [-0.1, -0.05) is 0 Å². The first-order valence-electron chi connectivity index (χ1n) is 20.4. The molecular weight excluding hydrogens is 881 g/mol. The molecule has 0 saturated carbocycles. The summed E-state index contributed by atoms with van der Waals surface area (Å²) in [5.74, 6) is 1.43. The number of ether oxygens (including phenoxy) is 5. The number of benzene rings is 2. The molecule has 0 aliphatic carbocycles. The quantitative estimate of drug-likeness (QED) is 0.0606. The number of hydrogen-bond donors (Lipinski definition) is 3. The molecule has 3 N–H and O–H groups in total. The van der Waals surface area contributed by atoms with Crippen LogP contribution < -0.4 is 30.9 Å². The highest BCUT2D eigenvalue weighted by atomic mass is 79.9. The Morgan fingerprint density at radius 3 is 2.27 bits per heavy atom. The minimum atomic E-state index is -2.80. The lowest BCUT2D eigenvalue weighted by Gasteiger charge is -2.37. The van der Waals surface area contributed by atoms with Gasteiger partial charge in [0, 0.05) is 94.0 Å². The number of aromatic nitrogens is 6. The fourth-order valence-electron chi connectivity index (χ4n) is 6.81. The molecule has 0 bridgehead atoms. The Balaban J connectivity index is 1.03. The molecule has 0 atom stereocenters. The van der Waals surface area contributed by atoms with Crippen molar-refractivity contribution in [2.24, 2.45) is 7.05 Å². The second-order valence-corrected chi connectivity index (χ2v) is 19.9. The van der Waals surface area contributed by atoms with Crippen LogP contribution in [0.2, 0.25) is 0 Å². The first-order chi connectivity index (χ1) is 29.7. The fourth-order valence-corrected chi connectivity index (χ4v) is 8.49. The number of fused-ring (bicyclic) bond motifs is 1. The molecule has 62 heavy (non-hydrogen) atoms. The van der Waals surface area contributed by atoms with Crippen LogP contribution in [0.5, 0.6) is 5.75 Å². The predicted octanol–water partition coefficient (Wildman–Crippen LogP) is 6.02. The molecule has 3 aromatic heterocycles. The van der Waals surface area contributed by atoms with Crippen LogP contribution >= 0.6 is 23.1 Å². The smallest absolute Gasteiger partial charge is 0.407 e. The standard InChI is InChI=1S/C42H57BrN11O7P/c1-42(2,3)61-41(55)46-12-18-58-20-22-60-23-21-59-19-17-53-13-15-54(16-14-53)35-25-36(57-5)34(24-30(35)29-26-48-52(4)28-29)50-40-47-27-31(43)39(51-40)49-33-9-8-32-37(45-11-10-44-32)38(33)62(6,7)56/h8-11,24-28H,12-23H2,1-7H3,(H,46,55)(H2,47,49,50,51). The highest BCUT2D eigenvalue weighted by molar-refractivity contribution is 9.10. The average molecular weight is 939 g/mol. The van der Waals surface area contributed by atoms with Crippen molar-refractivity contribution in [3.63, 3.8) is 0 Å². The van der Waals surface area contributed by atoms with E-state index in [1.807, 2.05) is 58.4 Å². The van der Waals surface area contributed by atoms with E-state index >= 15 is 0 Å². The van der Waals surface area contributed by atoms with E-state index in [2.05, 4.69) is 67.8 Å². The van der Waals surface area contributed by atoms with Crippen LogP contribution in [0, 0.1) is 0 Å². The molecule has 1 amide bonds. The van der Waals surface area contributed by atoms with E-state index in [1.165, 1.54) is 0 Å². The summed E-state index contributed by atoms with van der Waals surface area (Å²) in [5, 5.41) is 14.5. The fraction of sp³-hybridized carbons (Fsp3) is 0.476. The van der Waals surface area contributed by atoms with E-state index in [4.69, 9.17) is 28.7 Å². The number of nitrogens with one attached hydrogen (secondary N) is 3. The third kappa shape index (κ3) is 13.1. The average Bonchev–Trinajstić information content (AvgIpc) is 3.67. The van der Waals surface area contributed by atoms with Gasteiger partial charge >= 0.3 is 6.09 Å². The molecule has 1 fully saturated rings. The van der Waals surface area contributed by atoms with E-state index in [9.17, 15) is 9.36 Å². The van der Waals surface area contributed by atoms with E-state index < -0.39 is 18.8 Å². The summed E-state index contributed by atoms with van der Waals surface area (Å²) in [7, 11) is 0.751. The Bertz CT molecular complexity index is 2330. The maximum absolute atomic E-state index is 13.6. The van der Waals surface area contributed by atoms with Crippen molar-refractivity contribution in [3.05, 3.63) is 59.7 Å². The number of carbonyl (C=O) groups excluding carboxylic acids is 1. The summed E-state index contributed by atoms with van der Waals surface area (Å²) in [6.07, 6.45) is 8.28. The van der Waals surface area contributed by atoms with Crippen LogP contribution in [0.15, 0.2) is 59.7 Å². The molecule has 20 heteroatoms. The molecule has 334 valence electrons. The third-order valence-electron chi connectivity index (χ3n) is 9.65. The van der Waals surface area contributed by atoms with Crippen molar-refractivity contribution in [1.82, 2.24) is 39.9 Å². The number of amides is 1. The van der Waals surface area contributed by atoms with E-state index in [-0.39, 0.29) is 0 Å². The zero-order valence-corrected chi connectivity index (χ0v) is 38.9. The van der Waals surface area contributed by atoms with Crippen molar-refractivity contribution in [2.45, 2.75) is 26.4 Å². The monoisotopic (exact) mass is 937 g/mol. The maximum Gasteiger partial charge on any atom is 0.407 e. The van der Waals surface area contributed by atoms with Crippen LogP contribution in [0.1, 0.15) is 20.8 Å². The van der Waals surface area contributed by atoms with Gasteiger partial charge in [0.25, 0.3) is 0 Å². The van der Waals surface area contributed by atoms with Gasteiger partial charge in [0.15, 0.2) is 0 Å². The van der Waals surface area contributed by atoms with Crippen molar-refractivity contribution in [3.8, 4) is 16.9 Å². The Morgan fingerprint density at radius 2 is 1.60 bits per heavy atom. The predicted molar refractivity (Wildman–Crippen MR) is 245 cm³/mol. The SMILES string of the molecule is COc1cc(N2CCN(CCOCCOCCOCCNC(=O)OC(C)(C)C)CC2)c(-c2cnn(C)c2)cc1Nc1ncc(Br)c(Nc2ccc3nccnc3c2P(C)(C)=O)n1. The first kappa shape index (κ1) is 46.6. The number of anilines is 5. The number of methoxy groups -OCH3 is 1. The summed E-state index contributed by atoms with van der Waals surface area (Å²) < 4.78 is 44.1. The largest absolute Gasteiger partial charge is 0.494 e. The Hall–Kier alpha value is -4.91. The molecule has 5 aromatic rings. The highest BCUT2D eigenvalue weighted by Crippen LogP contribution is 2.43. The lowest BCUT2D eigenvalue weighted by atomic mass is 10.0. The van der Waals surface area contributed by atoms with Crippen LogP contribution in [-0.2, 0) is 30.6 Å². The number of rotatable bonds is 20. The van der Waals surface area contributed by atoms with Crippen molar-refractivity contribution in [1.29, 1.82) is 0 Å². The summed E-state index contributed by atoms with van der Waals surface area (Å²) in [6, 6.07) is 7.79. The number of hydrogen-bond acceptors (Lipinski definition) is 16. The lowest BCUT2D eigenvalue weighted by Crippen LogP contribution is -2.47. The Labute approximate surface area is 370 Å². The molecular formula is C42H57BrN11O7P. The molecule has 0 radical (unpaired) electrons. The number of halogens is 1. The van der Waals surface area contributed by atoms with Gasteiger partial charge in [-0.25, -0.2) is 9.78 Å². The van der Waals surface area contributed by atoms with E-state index in [1.54, 1.807) is 43.7 Å². The van der Waals surface area contributed by atoms with Gasteiger partial charge in [-0.15, -0.1) is 0 Å². The van der Waals surface area contributed by atoms with E-state index in [0.717, 1.165) is 49.5 Å². The second kappa shape index (κ2) is 21.4. The van der Waals surface area contributed by atoms with Gasteiger partial charge in [-0.2, -0.15) is 10.1 Å². The maximum atomic E-state index is 13.6. The summed E-state index contributed by atoms with van der Waals surface area (Å²) >= 11 is 3.59. The van der Waals surface area contributed by atoms with Crippen LogP contribution in [-0.4, -0.2) is 146 Å². The van der Waals surface area contributed by atoms with Gasteiger partial charge in [0.05, 0.1) is 79.6 Å². The Morgan fingerprint density at radius 1 is 0.887 bits per heavy atom. The topological polar surface area (TPSA) is 192 Å². The summed E-state index contributed by atoms with van der Waals surface area (Å²) in [5.41, 5.74) is 5.00. The van der Waals surface area contributed by atoms with Crippen LogP contribution in [0.3, 0.4) is 0 Å². The normalized spacial score (nSPS) is 13.6. The van der Waals surface area contributed by atoms with E-state index in [0.29, 0.717) is 95.9 Å². The molecule has 18 nitrogen and oxygen atoms in total. The van der Waals surface area contributed by atoms with Gasteiger partial charge in [-0.05, 0) is 68.2 Å². The summed E-state index contributed by atoms with van der Waals surface area (Å²) in [6.45, 7) is 16.3. The zero-order chi connectivity index (χ0) is 44.3. The number of alkyl carbamates (subject to hydrolysis) is 1. The van der Waals surface area contributed by atoms with Crippen LogP contribution in [0.25, 0.3) is 22.2 Å². The first-order valence-corrected chi connectivity index (χ1v) is 23.8. The van der Waals surface area contributed by atoms with Gasteiger partial charge < -0.3 is 49.1 Å². The minimum Gasteiger partial charge on any atom is -0.494 e. The van der Waals surface area contributed by atoms with Gasteiger partial charge in [-0.3, -0.25) is 19.5 Å². The minimum absolute atomic E-state index is 0.329. The molecule has 0 spiro atoms. The van der Waals surface area contributed by atoms with Crippen molar-refractivity contribution in [2.75, 3.05) is 115 Å². The molecule has 1 saturated heterocycles. The molecule has 6 rings (SSSR count). The summed E-state index contributed by atoms with van der Waals surface area (Å²) in [4.78, 5) is 34.7. The van der Waals surface area contributed by atoms with Gasteiger partial charge in [0.1, 0.15) is 29.8 Å². The zero-order valence-electron chi connectivity index (χ0n) is 36.4. The van der Waals surface area contributed by atoms with Crippen LogP contribution in [0.4, 0.5) is 33.6 Å². The number of aryl methyl sites for hydroxylation is 1. The molecule has 2 aromatic carbocycles. The number of carbonyl (C=O) groups is 1. The third-order valence-corrected chi connectivity index (χ3v) is 11.8. The molecule has 1 aliphatic rings.